The van der Waals surface area contributed by atoms with Crippen molar-refractivity contribution in [2.45, 2.75) is 107 Å². The molecule has 6 atom stereocenters. The van der Waals surface area contributed by atoms with E-state index < -0.39 is 39.4 Å². The van der Waals surface area contributed by atoms with Gasteiger partial charge < -0.3 is 45.1 Å². The molecule has 5 heterocycles. The van der Waals surface area contributed by atoms with Crippen molar-refractivity contribution in [1.29, 1.82) is 0 Å². The zero-order valence-corrected chi connectivity index (χ0v) is 40.2. The molecule has 15 nitrogen and oxygen atoms in total. The van der Waals surface area contributed by atoms with Gasteiger partial charge in [-0.3, -0.25) is 9.59 Å². The summed E-state index contributed by atoms with van der Waals surface area (Å²) >= 11 is 0. The van der Waals surface area contributed by atoms with E-state index in [0.717, 1.165) is 47.2 Å². The number of hydrogen-bond acceptors (Lipinski definition) is 8. The quantitative estimate of drug-likeness (QED) is 0.0674. The number of nitrogens with zero attached hydrogens (tertiary/aromatic N) is 5. The summed E-state index contributed by atoms with van der Waals surface area (Å²) in [5.74, 6) is 0.165. The normalized spacial score (nSPS) is 21.4. The van der Waals surface area contributed by atoms with Crippen LogP contribution in [0.25, 0.3) is 22.5 Å². The Morgan fingerprint density at radius 3 is 1.46 bits per heavy atom. The molecule has 0 spiro atoms. The summed E-state index contributed by atoms with van der Waals surface area (Å²) in [4.78, 5) is 70.1. The van der Waals surface area contributed by atoms with Crippen molar-refractivity contribution in [3.63, 3.8) is 0 Å². The number of methoxy groups -OCH3 is 1. The van der Waals surface area contributed by atoms with E-state index in [4.69, 9.17) is 4.74 Å². The number of imidazole rings is 2. The van der Waals surface area contributed by atoms with Gasteiger partial charge in [0.05, 0.1) is 55.1 Å². The van der Waals surface area contributed by atoms with E-state index in [1.165, 1.54) is 7.11 Å². The molecular weight excluding hydrogens is 938 g/mol. The Hall–Kier alpha value is -6.64. The maximum Gasteiger partial charge on any atom is 0.407 e. The Labute approximate surface area is 402 Å². The molecule has 3 aromatic carbocycles. The standard InChI is InChI=1S/C49H58F5N9O6S/c1-28(2)42(59-48(66)67)46(64)61-24-6-8-40(61)44-55-26-36(57-44)30-10-14-32(15-11-30)38-22-23-39(63(38)34-18-20-35(21-19-34)70(50,51,52,53)54)33-16-12-31(13-17-33)37-27-56-45(58-37)41-9-7-25-62(41)47(65)43(29(3)4)60-49(68)69-5/h10-21,26-29,38-43,59H,6-9,22-25H2,1-5H3,(H,55,57)(H,56,58)(H,60,68)(H,66,67)/t38-,39-,40+,41+,42+,43+/m1/s1. The van der Waals surface area contributed by atoms with Crippen LogP contribution in [-0.4, -0.2) is 91.1 Å². The molecule has 5 aromatic rings. The molecule has 0 saturated carbocycles. The molecule has 4 amide bonds. The van der Waals surface area contributed by atoms with Crippen molar-refractivity contribution < 1.29 is 48.5 Å². The molecule has 2 aromatic heterocycles. The third-order valence-corrected chi connectivity index (χ3v) is 14.8. The monoisotopic (exact) mass is 995 g/mol. The predicted molar refractivity (Wildman–Crippen MR) is 254 cm³/mol. The second-order valence-electron chi connectivity index (χ2n) is 19.0. The summed E-state index contributed by atoms with van der Waals surface area (Å²) in [6.45, 7) is 8.20. The molecule has 5 N–H and O–H groups in total. The minimum absolute atomic E-state index is 0.190. The summed E-state index contributed by atoms with van der Waals surface area (Å²) in [7, 11) is -8.70. The zero-order chi connectivity index (χ0) is 50.3. The van der Waals surface area contributed by atoms with Gasteiger partial charge in [0.15, 0.2) is 0 Å². The van der Waals surface area contributed by atoms with Gasteiger partial charge in [-0.1, -0.05) is 95.7 Å². The summed E-state index contributed by atoms with van der Waals surface area (Å²) in [6.07, 6.45) is 5.38. The van der Waals surface area contributed by atoms with Gasteiger partial charge in [-0.05, 0) is 96.9 Å². The number of anilines is 1. The second-order valence-corrected chi connectivity index (χ2v) is 21.4. The molecule has 8 rings (SSSR count). The molecule has 0 bridgehead atoms. The highest BCUT2D eigenvalue weighted by atomic mass is 32.5. The summed E-state index contributed by atoms with van der Waals surface area (Å²) in [6, 6.07) is 15.3. The van der Waals surface area contributed by atoms with Crippen LogP contribution < -0.4 is 15.5 Å². The molecule has 3 saturated heterocycles. The Morgan fingerprint density at radius 1 is 0.643 bits per heavy atom. The number of ether oxygens (including phenoxy) is 1. The lowest BCUT2D eigenvalue weighted by Gasteiger charge is -2.41. The molecule has 376 valence electrons. The van der Waals surface area contributed by atoms with E-state index in [2.05, 4.69) is 30.6 Å². The average Bonchev–Trinajstić information content (AvgIpc) is 4.18. The first-order chi connectivity index (χ1) is 33.0. The van der Waals surface area contributed by atoms with Gasteiger partial charge in [-0.2, -0.15) is 0 Å². The predicted octanol–water partition coefficient (Wildman–Crippen LogP) is 11.2. The van der Waals surface area contributed by atoms with Crippen molar-refractivity contribution >= 4 is 39.9 Å². The molecule has 3 aliphatic rings. The van der Waals surface area contributed by atoms with E-state index in [0.29, 0.717) is 79.6 Å². The Balaban J connectivity index is 1.02. The smallest absolute Gasteiger partial charge is 0.407 e. The highest BCUT2D eigenvalue weighted by Crippen LogP contribution is 3.02. The topological polar surface area (TPSA) is 189 Å². The number of likely N-dealkylation sites (tertiary alicyclic amines) is 2. The van der Waals surface area contributed by atoms with Gasteiger partial charge in [-0.25, -0.2) is 19.6 Å². The fourth-order valence-electron chi connectivity index (χ4n) is 10.1. The van der Waals surface area contributed by atoms with Crippen molar-refractivity contribution in [3.05, 3.63) is 108 Å². The molecule has 3 fully saturated rings. The third kappa shape index (κ3) is 10.4. The number of hydrogen-bond donors (Lipinski definition) is 5. The van der Waals surface area contributed by atoms with Gasteiger partial charge >= 0.3 is 22.4 Å². The molecule has 0 aliphatic carbocycles. The SMILES string of the molecule is COC(=O)N[C@H](C(=O)N1CCC[C@H]1c1ncc(-c2ccc([C@H]3CC[C@H](c4ccc(-c5cnc([C@@H]6CCCN6C(=O)[C@@H](NC(=O)O)C(C)C)[nH]5)cc4)N3c3ccc(S(F)(F)(F)(F)F)cc3)cc2)[nH]1)C(C)C. The van der Waals surface area contributed by atoms with E-state index >= 15 is 0 Å². The Bertz CT molecular complexity index is 2720. The number of aromatic amines is 2. The fourth-order valence-corrected chi connectivity index (χ4v) is 10.8. The van der Waals surface area contributed by atoms with Crippen LogP contribution in [0.15, 0.2) is 90.1 Å². The first-order valence-electron chi connectivity index (χ1n) is 23.4. The van der Waals surface area contributed by atoms with E-state index in [9.17, 15) is 43.7 Å². The van der Waals surface area contributed by atoms with Gasteiger partial charge in [0.1, 0.15) is 28.6 Å². The van der Waals surface area contributed by atoms with Crippen molar-refractivity contribution in [2.24, 2.45) is 11.8 Å². The molecule has 70 heavy (non-hydrogen) atoms. The summed E-state index contributed by atoms with van der Waals surface area (Å²) < 4.78 is 74.2. The number of rotatable bonds is 14. The van der Waals surface area contributed by atoms with Crippen LogP contribution in [0, 0.1) is 11.8 Å². The molecule has 0 radical (unpaired) electrons. The largest absolute Gasteiger partial charge is 0.465 e. The molecule has 0 unspecified atom stereocenters. The Morgan fingerprint density at radius 2 is 1.07 bits per heavy atom. The number of halogens is 5. The number of aromatic nitrogens is 4. The number of carboxylic acid groups (broad SMARTS) is 1. The lowest BCUT2D eigenvalue weighted by molar-refractivity contribution is -0.136. The van der Waals surface area contributed by atoms with Gasteiger partial charge in [-0.15, -0.1) is 0 Å². The number of H-pyrrole nitrogens is 2. The average molecular weight is 996 g/mol. The zero-order valence-electron chi connectivity index (χ0n) is 39.4. The molecule has 3 aliphatic heterocycles. The van der Waals surface area contributed by atoms with Crippen molar-refractivity contribution in [2.75, 3.05) is 25.1 Å². The maximum absolute atomic E-state index is 13.9. The molecular formula is C49H58F5N9O6S. The summed E-state index contributed by atoms with van der Waals surface area (Å²) in [5, 5.41) is 14.4. The van der Waals surface area contributed by atoms with Crippen LogP contribution in [0.4, 0.5) is 34.7 Å². The van der Waals surface area contributed by atoms with Gasteiger partial charge in [0.25, 0.3) is 0 Å². The van der Waals surface area contributed by atoms with Crippen molar-refractivity contribution in [1.82, 2.24) is 40.4 Å². The molecule has 21 heteroatoms. The second kappa shape index (κ2) is 18.6. The van der Waals surface area contributed by atoms with Crippen LogP contribution in [0.3, 0.4) is 0 Å². The number of alkyl carbamates (subject to hydrolysis) is 1. The van der Waals surface area contributed by atoms with Crippen LogP contribution >= 0.6 is 10.2 Å². The minimum Gasteiger partial charge on any atom is -0.465 e. The number of carbonyl (C=O) groups excluding carboxylic acids is 3. The fraction of sp³-hybridized carbons (Fsp3) is 0.429. The third-order valence-electron chi connectivity index (χ3n) is 13.7. The first kappa shape index (κ1) is 49.8. The number of nitrogens with one attached hydrogen (secondary N) is 4. The van der Waals surface area contributed by atoms with E-state index in [-0.39, 0.29) is 47.8 Å². The van der Waals surface area contributed by atoms with E-state index in [1.807, 2.05) is 67.3 Å². The van der Waals surface area contributed by atoms with E-state index in [1.54, 1.807) is 36.0 Å². The Kier molecular flexibility index (Phi) is 13.2. The highest BCUT2D eigenvalue weighted by molar-refractivity contribution is 8.45. The summed E-state index contributed by atoms with van der Waals surface area (Å²) in [5.41, 5.74) is 5.01. The first-order valence-corrected chi connectivity index (χ1v) is 25.3. The van der Waals surface area contributed by atoms with Crippen LogP contribution in [0.1, 0.15) is 113 Å². The number of benzene rings is 3. The lowest BCUT2D eigenvalue weighted by Crippen LogP contribution is -2.51. The van der Waals surface area contributed by atoms with Gasteiger partial charge in [0.2, 0.25) is 11.8 Å². The van der Waals surface area contributed by atoms with Gasteiger partial charge in [0, 0.05) is 18.8 Å². The van der Waals surface area contributed by atoms with Crippen LogP contribution in [0.5, 0.6) is 0 Å². The van der Waals surface area contributed by atoms with Crippen LogP contribution in [-0.2, 0) is 14.3 Å². The number of amides is 4. The minimum atomic E-state index is -9.94. The maximum atomic E-state index is 13.9. The van der Waals surface area contributed by atoms with Crippen molar-refractivity contribution in [3.8, 4) is 22.5 Å². The lowest BCUT2D eigenvalue weighted by atomic mass is 10.0. The van der Waals surface area contributed by atoms with Crippen LogP contribution in [0.2, 0.25) is 0 Å². The highest BCUT2D eigenvalue weighted by Gasteiger charge is 2.65. The number of carbonyl (C=O) groups is 4.